The van der Waals surface area contributed by atoms with Gasteiger partial charge in [0.05, 0.1) is 11.4 Å². The van der Waals surface area contributed by atoms with Crippen molar-refractivity contribution in [3.05, 3.63) is 46.4 Å². The van der Waals surface area contributed by atoms with E-state index >= 15 is 0 Å². The number of carbonyl (C=O) groups excluding carboxylic acids is 1. The van der Waals surface area contributed by atoms with Crippen molar-refractivity contribution in [3.63, 3.8) is 0 Å². The van der Waals surface area contributed by atoms with Crippen LogP contribution in [0.3, 0.4) is 0 Å². The van der Waals surface area contributed by atoms with Crippen molar-refractivity contribution >= 4 is 46.4 Å². The minimum absolute atomic E-state index is 0.127. The first-order chi connectivity index (χ1) is 11.7. The number of carbonyl (C=O) groups is 1. The summed E-state index contributed by atoms with van der Waals surface area (Å²) in [7, 11) is 1.69. The number of benzene rings is 1. The van der Waals surface area contributed by atoms with Gasteiger partial charge in [0, 0.05) is 7.05 Å². The number of halogens is 4. The molecule has 2 aromatic rings. The van der Waals surface area contributed by atoms with E-state index in [1.165, 1.54) is 4.68 Å². The van der Waals surface area contributed by atoms with E-state index in [1.807, 2.05) is 6.07 Å². The second-order valence-corrected chi connectivity index (χ2v) is 7.63. The van der Waals surface area contributed by atoms with E-state index in [0.29, 0.717) is 11.4 Å². The molecule has 0 saturated carbocycles. The minimum atomic E-state index is -2.00. The third-order valence-electron chi connectivity index (χ3n) is 3.60. The van der Waals surface area contributed by atoms with Gasteiger partial charge < -0.3 is 10.6 Å². The van der Waals surface area contributed by atoms with Crippen LogP contribution in [0.1, 0.15) is 5.69 Å². The first-order valence-corrected chi connectivity index (χ1v) is 8.32. The van der Waals surface area contributed by atoms with Crippen molar-refractivity contribution < 1.29 is 9.18 Å². The number of para-hydroxylation sites is 1. The highest BCUT2D eigenvalue weighted by Crippen LogP contribution is 2.31. The Kier molecular flexibility index (Phi) is 6.03. The van der Waals surface area contributed by atoms with Crippen LogP contribution in [0.5, 0.6) is 0 Å². The van der Waals surface area contributed by atoms with Gasteiger partial charge in [-0.15, -0.1) is 0 Å². The van der Waals surface area contributed by atoms with Crippen LogP contribution in [0.25, 0.3) is 5.69 Å². The van der Waals surface area contributed by atoms with E-state index in [4.69, 9.17) is 34.8 Å². The van der Waals surface area contributed by atoms with Gasteiger partial charge in [0.1, 0.15) is 11.9 Å². The van der Waals surface area contributed by atoms with Gasteiger partial charge in [-0.2, -0.15) is 0 Å². The lowest BCUT2D eigenvalue weighted by molar-refractivity contribution is -0.122. The molecule has 0 saturated heterocycles. The van der Waals surface area contributed by atoms with Crippen molar-refractivity contribution in [2.45, 2.75) is 16.9 Å². The molecule has 1 aromatic carbocycles. The normalized spacial score (nSPS) is 12.7. The molecule has 0 spiro atoms. The predicted molar refractivity (Wildman–Crippen MR) is 97.6 cm³/mol. The van der Waals surface area contributed by atoms with Gasteiger partial charge in [-0.3, -0.25) is 14.3 Å². The van der Waals surface area contributed by atoms with Crippen molar-refractivity contribution in [3.8, 4) is 5.69 Å². The lowest BCUT2D eigenvalue weighted by atomic mass is 10.3. The Morgan fingerprint density at radius 1 is 1.28 bits per heavy atom. The largest absolute Gasteiger partial charge is 0.356 e. The van der Waals surface area contributed by atoms with Crippen LogP contribution in [0.15, 0.2) is 35.1 Å². The zero-order valence-corrected chi connectivity index (χ0v) is 15.7. The molecule has 0 fully saturated rings. The summed E-state index contributed by atoms with van der Waals surface area (Å²) in [6, 6.07) is 8.95. The third kappa shape index (κ3) is 4.29. The SMILES string of the molecule is Cc1c(N[C@@H](NC(=O)CF)C(Cl)(Cl)Cl)c(=O)n(-c2ccccc2)n1C. The highest BCUT2D eigenvalue weighted by atomic mass is 35.6. The van der Waals surface area contributed by atoms with Crippen LogP contribution < -0.4 is 16.2 Å². The monoisotopic (exact) mass is 408 g/mol. The lowest BCUT2D eigenvalue weighted by Crippen LogP contribution is -2.50. The van der Waals surface area contributed by atoms with Crippen LogP contribution in [0, 0.1) is 6.92 Å². The fourth-order valence-corrected chi connectivity index (χ4v) is 2.61. The molecule has 0 unspecified atom stereocenters. The highest BCUT2D eigenvalue weighted by Gasteiger charge is 2.35. The predicted octanol–water partition coefficient (Wildman–Crippen LogP) is 2.68. The first-order valence-electron chi connectivity index (χ1n) is 7.19. The highest BCUT2D eigenvalue weighted by molar-refractivity contribution is 6.68. The van der Waals surface area contributed by atoms with Gasteiger partial charge in [-0.05, 0) is 19.1 Å². The topological polar surface area (TPSA) is 68.1 Å². The number of nitrogens with one attached hydrogen (secondary N) is 2. The van der Waals surface area contributed by atoms with E-state index in [1.54, 1.807) is 42.9 Å². The molecule has 1 aromatic heterocycles. The van der Waals surface area contributed by atoms with Gasteiger partial charge in [0.25, 0.3) is 11.5 Å². The lowest BCUT2D eigenvalue weighted by Gasteiger charge is -2.26. The maximum atomic E-state index is 12.8. The Morgan fingerprint density at radius 3 is 2.40 bits per heavy atom. The molecular formula is C15H16Cl3FN4O2. The molecule has 0 radical (unpaired) electrons. The second-order valence-electron chi connectivity index (χ2n) is 5.26. The molecule has 0 aliphatic heterocycles. The van der Waals surface area contributed by atoms with Crippen LogP contribution in [0.2, 0.25) is 0 Å². The van der Waals surface area contributed by atoms with Crippen molar-refractivity contribution in [1.82, 2.24) is 14.7 Å². The summed E-state index contributed by atoms with van der Waals surface area (Å²) in [5, 5.41) is 4.90. The molecule has 2 rings (SSSR count). The Hall–Kier alpha value is -1.70. The Balaban J connectivity index is 2.46. The van der Waals surface area contributed by atoms with Crippen LogP contribution in [-0.2, 0) is 11.8 Å². The molecule has 6 nitrogen and oxygen atoms in total. The molecule has 1 heterocycles. The molecule has 1 amide bonds. The summed E-state index contributed by atoms with van der Waals surface area (Å²) in [5.41, 5.74) is 0.911. The Morgan fingerprint density at radius 2 is 1.88 bits per heavy atom. The summed E-state index contributed by atoms with van der Waals surface area (Å²) in [6.07, 6.45) is -1.29. The van der Waals surface area contributed by atoms with Crippen LogP contribution >= 0.6 is 34.8 Å². The summed E-state index contributed by atoms with van der Waals surface area (Å²) in [6.45, 7) is 0.413. The molecule has 10 heteroatoms. The van der Waals surface area contributed by atoms with E-state index in [-0.39, 0.29) is 5.69 Å². The van der Waals surface area contributed by atoms with Gasteiger partial charge in [-0.1, -0.05) is 53.0 Å². The summed E-state index contributed by atoms with van der Waals surface area (Å²) < 4.78 is 13.5. The standard InChI is InChI=1S/C15H16Cl3FN4O2/c1-9-12(21-14(15(16,17)18)20-11(24)8-19)13(25)23(22(9)2)10-6-4-3-5-7-10/h3-7,14,21H,8H2,1-2H3,(H,20,24)/t14-/m1/s1. The van der Waals surface area contributed by atoms with Crippen LogP contribution in [-0.4, -0.2) is 31.9 Å². The van der Waals surface area contributed by atoms with E-state index in [9.17, 15) is 14.0 Å². The number of hydrogen-bond acceptors (Lipinski definition) is 3. The molecule has 25 heavy (non-hydrogen) atoms. The van der Waals surface area contributed by atoms with E-state index < -0.39 is 28.1 Å². The number of aromatic nitrogens is 2. The molecule has 0 aliphatic carbocycles. The summed E-state index contributed by atoms with van der Waals surface area (Å²) in [4.78, 5) is 24.1. The first kappa shape index (κ1) is 19.6. The number of anilines is 1. The summed E-state index contributed by atoms with van der Waals surface area (Å²) >= 11 is 17.5. The van der Waals surface area contributed by atoms with Crippen molar-refractivity contribution in [1.29, 1.82) is 0 Å². The second kappa shape index (κ2) is 7.68. The summed E-state index contributed by atoms with van der Waals surface area (Å²) in [5.74, 6) is -0.971. The maximum absolute atomic E-state index is 12.8. The fraction of sp³-hybridized carbons (Fsp3) is 0.333. The maximum Gasteiger partial charge on any atom is 0.295 e. The van der Waals surface area contributed by atoms with Crippen molar-refractivity contribution in [2.24, 2.45) is 7.05 Å². The minimum Gasteiger partial charge on any atom is -0.356 e. The smallest absolute Gasteiger partial charge is 0.295 e. The number of alkyl halides is 4. The number of rotatable bonds is 5. The number of nitrogens with zero attached hydrogens (tertiary/aromatic N) is 2. The number of hydrogen-bond donors (Lipinski definition) is 2. The van der Waals surface area contributed by atoms with Gasteiger partial charge in [0.2, 0.25) is 3.79 Å². The molecule has 1 atom stereocenters. The van der Waals surface area contributed by atoms with E-state index in [2.05, 4.69) is 10.6 Å². The molecular weight excluding hydrogens is 394 g/mol. The van der Waals surface area contributed by atoms with E-state index in [0.717, 1.165) is 0 Å². The fourth-order valence-electron chi connectivity index (χ4n) is 2.28. The van der Waals surface area contributed by atoms with Gasteiger partial charge in [-0.25, -0.2) is 9.07 Å². The molecule has 2 N–H and O–H groups in total. The van der Waals surface area contributed by atoms with Crippen molar-refractivity contribution in [2.75, 3.05) is 12.0 Å². The quantitative estimate of drug-likeness (QED) is 0.589. The average Bonchev–Trinajstić information content (AvgIpc) is 2.77. The molecule has 0 aliphatic rings. The molecule has 136 valence electrons. The zero-order valence-electron chi connectivity index (χ0n) is 13.4. The zero-order chi connectivity index (χ0) is 18.8. The Labute approximate surface area is 158 Å². The number of amides is 1. The van der Waals surface area contributed by atoms with Gasteiger partial charge >= 0.3 is 0 Å². The van der Waals surface area contributed by atoms with Crippen LogP contribution in [0.4, 0.5) is 10.1 Å². The van der Waals surface area contributed by atoms with Gasteiger partial charge in [0.15, 0.2) is 6.67 Å². The molecule has 0 bridgehead atoms. The third-order valence-corrected chi connectivity index (χ3v) is 4.25. The Bertz CT molecular complexity index is 815. The average molecular weight is 410 g/mol.